The van der Waals surface area contributed by atoms with Crippen LogP contribution < -0.4 is 0 Å². The summed E-state index contributed by atoms with van der Waals surface area (Å²) >= 11 is 0. The van der Waals surface area contributed by atoms with Gasteiger partial charge in [0.2, 0.25) is 0 Å². The standard InChI is InChI=1S/C8H11NO7P2/c10-8(18(14,15)16)4-7(17(11,12)13)6-2-1-3-9-5-6/h1-3,5,7,14-16H,4H2,(H-,11,12,13)/p+1. The van der Waals surface area contributed by atoms with Crippen LogP contribution in [0.5, 0.6) is 0 Å². The average molecular weight is 296 g/mol. The first-order chi connectivity index (χ1) is 8.12. The van der Waals surface area contributed by atoms with E-state index in [9.17, 15) is 9.36 Å². The second kappa shape index (κ2) is 5.50. The van der Waals surface area contributed by atoms with Gasteiger partial charge in [-0.3, -0.25) is 9.55 Å². The maximum absolute atomic E-state index is 11.3. The van der Waals surface area contributed by atoms with E-state index < -0.39 is 33.1 Å². The van der Waals surface area contributed by atoms with Crippen molar-refractivity contribution >= 4 is 21.1 Å². The van der Waals surface area contributed by atoms with Gasteiger partial charge < -0.3 is 9.79 Å². The molecule has 100 valence electrons. The highest BCUT2D eigenvalue weighted by Gasteiger charge is 2.46. The van der Waals surface area contributed by atoms with Gasteiger partial charge in [0.1, 0.15) is 0 Å². The lowest BCUT2D eigenvalue weighted by atomic mass is 10.1. The summed E-state index contributed by atoms with van der Waals surface area (Å²) in [5, 5.41) is 0. The Morgan fingerprint density at radius 1 is 1.39 bits per heavy atom. The van der Waals surface area contributed by atoms with Crippen LogP contribution in [0.3, 0.4) is 0 Å². The number of nitrogens with zero attached hydrogens (tertiary/aromatic N) is 1. The number of pyridine rings is 1. The van der Waals surface area contributed by atoms with Gasteiger partial charge in [-0.15, -0.1) is 0 Å². The summed E-state index contributed by atoms with van der Waals surface area (Å²) in [6.45, 7) is 0. The summed E-state index contributed by atoms with van der Waals surface area (Å²) in [7, 11) is -9.45. The monoisotopic (exact) mass is 296 g/mol. The lowest BCUT2D eigenvalue weighted by Crippen LogP contribution is -2.11. The zero-order valence-corrected chi connectivity index (χ0v) is 10.8. The molecule has 0 saturated carbocycles. The summed E-state index contributed by atoms with van der Waals surface area (Å²) in [5.41, 5.74) is -2.89. The third-order valence-electron chi connectivity index (χ3n) is 2.18. The molecule has 5 N–H and O–H groups in total. The Morgan fingerprint density at radius 2 is 2.00 bits per heavy atom. The van der Waals surface area contributed by atoms with Crippen molar-refractivity contribution in [2.75, 3.05) is 0 Å². The van der Waals surface area contributed by atoms with Crippen molar-refractivity contribution in [3.63, 3.8) is 0 Å². The van der Waals surface area contributed by atoms with Crippen LogP contribution in [0.25, 0.3) is 0 Å². The number of carbonyl (C=O) groups excluding carboxylic acids is 1. The Kier molecular flexibility index (Phi) is 4.69. The number of hydrogen-bond acceptors (Lipinski definition) is 6. The molecule has 1 aromatic rings. The lowest BCUT2D eigenvalue weighted by molar-refractivity contribution is -0.114. The Morgan fingerprint density at radius 3 is 2.39 bits per heavy atom. The molecule has 1 heterocycles. The lowest BCUT2D eigenvalue weighted by Gasteiger charge is -2.17. The molecule has 0 amide bonds. The van der Waals surface area contributed by atoms with E-state index in [1.54, 1.807) is 0 Å². The highest BCUT2D eigenvalue weighted by molar-refractivity contribution is 7.76. The van der Waals surface area contributed by atoms with Crippen molar-refractivity contribution in [1.82, 2.24) is 4.98 Å². The first-order valence-corrected chi connectivity index (χ1v) is 8.01. The topological polar surface area (TPSA) is 148 Å². The Balaban J connectivity index is 3.03. The molecule has 0 radical (unpaired) electrons. The van der Waals surface area contributed by atoms with Crippen molar-refractivity contribution in [1.29, 1.82) is 0 Å². The van der Waals surface area contributed by atoms with Crippen molar-refractivity contribution < 1.29 is 33.8 Å². The third-order valence-corrected chi connectivity index (χ3v) is 4.32. The zero-order valence-electron chi connectivity index (χ0n) is 8.99. The van der Waals surface area contributed by atoms with Crippen molar-refractivity contribution in [3.8, 4) is 0 Å². The minimum Gasteiger partial charge on any atom is -0.324 e. The molecule has 0 saturated heterocycles. The molecule has 10 heteroatoms. The van der Waals surface area contributed by atoms with E-state index in [4.69, 9.17) is 24.5 Å². The molecule has 0 aromatic carbocycles. The minimum absolute atomic E-state index is 0.0765. The van der Waals surface area contributed by atoms with E-state index in [2.05, 4.69) is 4.98 Å². The van der Waals surface area contributed by atoms with Gasteiger partial charge >= 0.3 is 21.1 Å². The van der Waals surface area contributed by atoms with E-state index in [1.165, 1.54) is 18.3 Å². The van der Waals surface area contributed by atoms with Crippen LogP contribution in [0, 0.1) is 0 Å². The molecule has 1 aromatic heterocycles. The van der Waals surface area contributed by atoms with Gasteiger partial charge in [0.15, 0.2) is 0 Å². The second-order valence-electron chi connectivity index (χ2n) is 3.56. The van der Waals surface area contributed by atoms with E-state index in [1.807, 2.05) is 0 Å². The van der Waals surface area contributed by atoms with Crippen LogP contribution in [0.1, 0.15) is 17.6 Å². The molecular formula is C8H12NO7P2+. The highest BCUT2D eigenvalue weighted by Crippen LogP contribution is 2.57. The van der Waals surface area contributed by atoms with Crippen LogP contribution in [0.2, 0.25) is 0 Å². The quantitative estimate of drug-likeness (QED) is 0.475. The van der Waals surface area contributed by atoms with E-state index in [0.717, 1.165) is 6.20 Å². The number of hydrogen-bond donors (Lipinski definition) is 5. The molecule has 0 aliphatic carbocycles. The Hall–Kier alpha value is -0.720. The third kappa shape index (κ3) is 4.19. The SMILES string of the molecule is O=C(CC(c1cccnc1)P(=O)(O)O)[P+](O)(O)O. The molecular weight excluding hydrogens is 284 g/mol. The predicted octanol–water partition coefficient (Wildman–Crippen LogP) is -0.0434. The largest absolute Gasteiger partial charge is 0.478 e. The molecule has 18 heavy (non-hydrogen) atoms. The smallest absolute Gasteiger partial charge is 0.324 e. The summed E-state index contributed by atoms with van der Waals surface area (Å²) < 4.78 is 11.3. The van der Waals surface area contributed by atoms with Gasteiger partial charge in [-0.05, 0) is 11.6 Å². The van der Waals surface area contributed by atoms with Gasteiger partial charge in [0.05, 0.1) is 12.1 Å². The van der Waals surface area contributed by atoms with Gasteiger partial charge in [-0.25, -0.2) is 4.79 Å². The van der Waals surface area contributed by atoms with Crippen molar-refractivity contribution in [2.45, 2.75) is 12.1 Å². The first kappa shape index (κ1) is 15.3. The van der Waals surface area contributed by atoms with E-state index in [0.29, 0.717) is 0 Å². The maximum atomic E-state index is 11.3. The Labute approximate surface area is 103 Å². The molecule has 0 spiro atoms. The van der Waals surface area contributed by atoms with Crippen molar-refractivity contribution in [3.05, 3.63) is 30.1 Å². The fourth-order valence-corrected chi connectivity index (χ4v) is 2.81. The van der Waals surface area contributed by atoms with Crippen LogP contribution in [-0.2, 0) is 9.36 Å². The summed E-state index contributed by atoms with van der Waals surface area (Å²) in [6.07, 6.45) is 1.65. The van der Waals surface area contributed by atoms with Crippen LogP contribution >= 0.6 is 15.5 Å². The fourth-order valence-electron chi connectivity index (χ4n) is 1.29. The summed E-state index contributed by atoms with van der Waals surface area (Å²) in [5.74, 6) is 0. The molecule has 8 nitrogen and oxygen atoms in total. The minimum atomic E-state index is -4.75. The summed E-state index contributed by atoms with van der Waals surface area (Å²) in [6, 6.07) is 2.76. The normalized spacial score (nSPS) is 14.3. The molecule has 1 rings (SSSR count). The molecule has 0 fully saturated rings. The van der Waals surface area contributed by atoms with Gasteiger partial charge in [0.25, 0.3) is 0 Å². The number of aromatic nitrogens is 1. The molecule has 0 bridgehead atoms. The zero-order chi connectivity index (χ0) is 14.0. The van der Waals surface area contributed by atoms with Crippen LogP contribution in [-0.4, -0.2) is 35.0 Å². The average Bonchev–Trinajstić information content (AvgIpc) is 2.23. The fraction of sp³-hybridized carbons (Fsp3) is 0.250. The predicted molar refractivity (Wildman–Crippen MR) is 62.2 cm³/mol. The molecule has 0 aliphatic heterocycles. The molecule has 1 unspecified atom stereocenters. The maximum Gasteiger partial charge on any atom is 0.478 e. The Bertz CT molecular complexity index is 466. The number of rotatable bonds is 5. The van der Waals surface area contributed by atoms with Crippen LogP contribution in [0.4, 0.5) is 0 Å². The van der Waals surface area contributed by atoms with E-state index >= 15 is 0 Å². The van der Waals surface area contributed by atoms with Crippen LogP contribution in [0.15, 0.2) is 24.5 Å². The van der Waals surface area contributed by atoms with Gasteiger partial charge in [-0.2, -0.15) is 14.7 Å². The number of carbonyl (C=O) groups is 1. The van der Waals surface area contributed by atoms with Gasteiger partial charge in [-0.1, -0.05) is 6.07 Å². The highest BCUT2D eigenvalue weighted by atomic mass is 31.2. The van der Waals surface area contributed by atoms with Gasteiger partial charge in [0, 0.05) is 12.4 Å². The molecule has 1 atom stereocenters. The van der Waals surface area contributed by atoms with Crippen molar-refractivity contribution in [2.24, 2.45) is 0 Å². The first-order valence-electron chi connectivity index (χ1n) is 4.68. The molecule has 0 aliphatic rings. The second-order valence-corrected chi connectivity index (χ2v) is 6.99. The van der Waals surface area contributed by atoms with E-state index in [-0.39, 0.29) is 5.56 Å². The summed E-state index contributed by atoms with van der Waals surface area (Å²) in [4.78, 5) is 59.4.